The SMILES string of the molecule is COc1ccc(C2=C(C(=O)c3ccccc3)Cc3ccccc32)cc1. The summed E-state index contributed by atoms with van der Waals surface area (Å²) in [7, 11) is 1.66. The quantitative estimate of drug-likeness (QED) is 0.635. The van der Waals surface area contributed by atoms with E-state index in [2.05, 4.69) is 12.1 Å². The molecule has 1 aliphatic carbocycles. The van der Waals surface area contributed by atoms with Crippen LogP contribution in [0.3, 0.4) is 0 Å². The molecule has 25 heavy (non-hydrogen) atoms. The van der Waals surface area contributed by atoms with Crippen LogP contribution in [0, 0.1) is 0 Å². The molecule has 1 aliphatic rings. The minimum Gasteiger partial charge on any atom is -0.497 e. The van der Waals surface area contributed by atoms with Crippen LogP contribution < -0.4 is 4.74 Å². The zero-order valence-electron chi connectivity index (χ0n) is 14.0. The lowest BCUT2D eigenvalue weighted by molar-refractivity contribution is 0.103. The monoisotopic (exact) mass is 326 g/mol. The van der Waals surface area contributed by atoms with E-state index in [0.717, 1.165) is 33.6 Å². The third kappa shape index (κ3) is 2.76. The Balaban J connectivity index is 1.87. The molecule has 0 saturated heterocycles. The Labute approximate surface area is 147 Å². The maximum atomic E-state index is 13.1. The van der Waals surface area contributed by atoms with E-state index in [1.165, 1.54) is 5.56 Å². The van der Waals surface area contributed by atoms with E-state index in [1.807, 2.05) is 66.7 Å². The molecule has 3 aromatic rings. The largest absolute Gasteiger partial charge is 0.497 e. The topological polar surface area (TPSA) is 26.3 Å². The molecule has 122 valence electrons. The van der Waals surface area contributed by atoms with Crippen LogP contribution in [0.4, 0.5) is 0 Å². The van der Waals surface area contributed by atoms with Gasteiger partial charge in [-0.2, -0.15) is 0 Å². The summed E-state index contributed by atoms with van der Waals surface area (Å²) >= 11 is 0. The summed E-state index contributed by atoms with van der Waals surface area (Å²) in [5.74, 6) is 0.911. The summed E-state index contributed by atoms with van der Waals surface area (Å²) in [6.07, 6.45) is 0.672. The zero-order valence-corrected chi connectivity index (χ0v) is 14.0. The molecule has 2 heteroatoms. The average Bonchev–Trinajstić information content (AvgIpc) is 3.07. The van der Waals surface area contributed by atoms with Crippen LogP contribution in [0.25, 0.3) is 5.57 Å². The number of benzene rings is 3. The maximum absolute atomic E-state index is 13.1. The highest BCUT2D eigenvalue weighted by molar-refractivity contribution is 6.16. The molecular weight excluding hydrogens is 308 g/mol. The minimum absolute atomic E-state index is 0.0996. The Morgan fingerprint density at radius 1 is 0.840 bits per heavy atom. The van der Waals surface area contributed by atoms with E-state index in [0.29, 0.717) is 6.42 Å². The molecule has 0 unspecified atom stereocenters. The molecule has 0 aliphatic heterocycles. The fourth-order valence-electron chi connectivity index (χ4n) is 3.40. The van der Waals surface area contributed by atoms with Gasteiger partial charge < -0.3 is 4.74 Å². The summed E-state index contributed by atoms with van der Waals surface area (Å²) in [6.45, 7) is 0. The van der Waals surface area contributed by atoms with Crippen LogP contribution >= 0.6 is 0 Å². The Morgan fingerprint density at radius 3 is 2.24 bits per heavy atom. The summed E-state index contributed by atoms with van der Waals surface area (Å²) in [6, 6.07) is 25.7. The first-order valence-corrected chi connectivity index (χ1v) is 8.33. The van der Waals surface area contributed by atoms with Crippen LogP contribution in [0.2, 0.25) is 0 Å². The van der Waals surface area contributed by atoms with Crippen LogP contribution in [-0.2, 0) is 6.42 Å². The number of hydrogen-bond donors (Lipinski definition) is 0. The first kappa shape index (κ1) is 15.4. The highest BCUT2D eigenvalue weighted by Gasteiger charge is 2.27. The molecule has 0 spiro atoms. The van der Waals surface area contributed by atoms with Crippen molar-refractivity contribution in [3.8, 4) is 5.75 Å². The van der Waals surface area contributed by atoms with E-state index in [4.69, 9.17) is 4.74 Å². The van der Waals surface area contributed by atoms with E-state index in [9.17, 15) is 4.79 Å². The Bertz CT molecular complexity index is 951. The maximum Gasteiger partial charge on any atom is 0.189 e. The summed E-state index contributed by atoms with van der Waals surface area (Å²) < 4.78 is 5.26. The van der Waals surface area contributed by atoms with E-state index in [-0.39, 0.29) is 5.78 Å². The van der Waals surface area contributed by atoms with Crippen molar-refractivity contribution in [3.05, 3.63) is 107 Å². The Kier molecular flexibility index (Phi) is 3.95. The van der Waals surface area contributed by atoms with Crippen LogP contribution in [0.1, 0.15) is 27.0 Å². The van der Waals surface area contributed by atoms with Crippen molar-refractivity contribution in [1.82, 2.24) is 0 Å². The number of hydrogen-bond acceptors (Lipinski definition) is 2. The number of ether oxygens (including phenoxy) is 1. The number of fused-ring (bicyclic) bond motifs is 1. The predicted molar refractivity (Wildman–Crippen MR) is 99.9 cm³/mol. The lowest BCUT2D eigenvalue weighted by Crippen LogP contribution is -2.05. The fourth-order valence-corrected chi connectivity index (χ4v) is 3.40. The zero-order chi connectivity index (χ0) is 17.2. The van der Waals surface area contributed by atoms with Crippen molar-refractivity contribution >= 4 is 11.4 Å². The van der Waals surface area contributed by atoms with Crippen LogP contribution in [-0.4, -0.2) is 12.9 Å². The lowest BCUT2D eigenvalue weighted by atomic mass is 9.94. The molecule has 0 aromatic heterocycles. The molecule has 2 nitrogen and oxygen atoms in total. The van der Waals surface area contributed by atoms with Crippen molar-refractivity contribution in [3.63, 3.8) is 0 Å². The molecule has 3 aromatic carbocycles. The van der Waals surface area contributed by atoms with E-state index < -0.39 is 0 Å². The number of carbonyl (C=O) groups is 1. The molecule has 0 saturated carbocycles. The second-order valence-electron chi connectivity index (χ2n) is 6.11. The van der Waals surface area contributed by atoms with Crippen molar-refractivity contribution in [2.45, 2.75) is 6.42 Å². The van der Waals surface area contributed by atoms with Gasteiger partial charge in [0.25, 0.3) is 0 Å². The number of ketones is 1. The van der Waals surface area contributed by atoms with Gasteiger partial charge in [-0.1, -0.05) is 66.7 Å². The van der Waals surface area contributed by atoms with Gasteiger partial charge in [0, 0.05) is 17.6 Å². The third-order valence-electron chi connectivity index (χ3n) is 4.64. The molecule has 0 radical (unpaired) electrons. The minimum atomic E-state index is 0.0996. The Morgan fingerprint density at radius 2 is 1.52 bits per heavy atom. The molecule has 4 rings (SSSR count). The number of allylic oxidation sites excluding steroid dienone is 1. The van der Waals surface area contributed by atoms with Gasteiger partial charge >= 0.3 is 0 Å². The van der Waals surface area contributed by atoms with Gasteiger partial charge in [0.05, 0.1) is 7.11 Å². The van der Waals surface area contributed by atoms with Crippen molar-refractivity contribution < 1.29 is 9.53 Å². The number of carbonyl (C=O) groups excluding carboxylic acids is 1. The smallest absolute Gasteiger partial charge is 0.189 e. The van der Waals surface area contributed by atoms with Gasteiger partial charge in [-0.3, -0.25) is 4.79 Å². The normalized spacial score (nSPS) is 12.8. The van der Waals surface area contributed by atoms with Crippen molar-refractivity contribution in [1.29, 1.82) is 0 Å². The average molecular weight is 326 g/mol. The second kappa shape index (κ2) is 6.40. The first-order chi connectivity index (χ1) is 12.3. The number of rotatable bonds is 4. The number of Topliss-reactive ketones (excluding diaryl/α,β-unsaturated/α-hetero) is 1. The van der Waals surface area contributed by atoms with Crippen LogP contribution in [0.5, 0.6) is 5.75 Å². The lowest BCUT2D eigenvalue weighted by Gasteiger charge is -2.10. The molecule has 0 bridgehead atoms. The second-order valence-corrected chi connectivity index (χ2v) is 6.11. The molecule has 0 fully saturated rings. The third-order valence-corrected chi connectivity index (χ3v) is 4.64. The highest BCUT2D eigenvalue weighted by Crippen LogP contribution is 2.39. The highest BCUT2D eigenvalue weighted by atomic mass is 16.5. The standard InChI is InChI=1S/C23H18O2/c1-25-19-13-11-16(12-14-19)22-20-10-6-5-9-18(20)15-21(22)23(24)17-7-3-2-4-8-17/h2-14H,15H2,1H3. The Hall–Kier alpha value is -3.13. The predicted octanol–water partition coefficient (Wildman–Crippen LogP) is 4.94. The molecule has 0 N–H and O–H groups in total. The van der Waals surface area contributed by atoms with Gasteiger partial charge in [0.1, 0.15) is 5.75 Å². The van der Waals surface area contributed by atoms with Crippen molar-refractivity contribution in [2.24, 2.45) is 0 Å². The summed E-state index contributed by atoms with van der Waals surface area (Å²) in [4.78, 5) is 13.1. The van der Waals surface area contributed by atoms with E-state index >= 15 is 0 Å². The van der Waals surface area contributed by atoms with E-state index in [1.54, 1.807) is 7.11 Å². The number of methoxy groups -OCH3 is 1. The van der Waals surface area contributed by atoms with Gasteiger partial charge in [-0.25, -0.2) is 0 Å². The summed E-state index contributed by atoms with van der Waals surface area (Å²) in [5, 5.41) is 0. The molecule has 0 heterocycles. The fraction of sp³-hybridized carbons (Fsp3) is 0.0870. The van der Waals surface area contributed by atoms with Crippen molar-refractivity contribution in [2.75, 3.05) is 7.11 Å². The van der Waals surface area contributed by atoms with Gasteiger partial charge in [0.15, 0.2) is 5.78 Å². The first-order valence-electron chi connectivity index (χ1n) is 8.33. The molecule has 0 amide bonds. The summed E-state index contributed by atoms with van der Waals surface area (Å²) in [5.41, 5.74) is 6.02. The van der Waals surface area contributed by atoms with Gasteiger partial charge in [0.2, 0.25) is 0 Å². The van der Waals surface area contributed by atoms with Gasteiger partial charge in [-0.15, -0.1) is 0 Å². The van der Waals surface area contributed by atoms with Gasteiger partial charge in [-0.05, 0) is 34.4 Å². The van der Waals surface area contributed by atoms with Crippen LogP contribution in [0.15, 0.2) is 84.4 Å². The molecular formula is C23H18O2. The molecule has 0 atom stereocenters.